The summed E-state index contributed by atoms with van der Waals surface area (Å²) in [5, 5.41) is 13.8. The number of thioether (sulfide) groups is 2. The molecule has 1 aliphatic heterocycles. The monoisotopic (exact) mass is 566 g/mol. The van der Waals surface area contributed by atoms with Crippen molar-refractivity contribution in [3.63, 3.8) is 0 Å². The Labute approximate surface area is 235 Å². The molecule has 0 aromatic heterocycles. The minimum absolute atomic E-state index is 0.0544. The first-order valence-electron chi connectivity index (χ1n) is 12.6. The molecular weight excluding hydrogens is 536 g/mol. The number of nitro groups is 1. The Kier molecular flexibility index (Phi) is 10.4. The van der Waals surface area contributed by atoms with Gasteiger partial charge in [-0.1, -0.05) is 72.8 Å². The van der Waals surface area contributed by atoms with E-state index in [9.17, 15) is 19.7 Å². The molecule has 0 radical (unpaired) electrons. The first-order valence-corrected chi connectivity index (χ1v) is 14.7. The van der Waals surface area contributed by atoms with Crippen molar-refractivity contribution in [2.75, 3.05) is 0 Å². The predicted molar refractivity (Wildman–Crippen MR) is 153 cm³/mol. The number of nitro benzene ring substituents is 1. The lowest BCUT2D eigenvalue weighted by Crippen LogP contribution is -2.62. The molecule has 1 amide bonds. The van der Waals surface area contributed by atoms with Crippen molar-refractivity contribution >= 4 is 41.1 Å². The zero-order valence-electron chi connectivity index (χ0n) is 21.4. The second kappa shape index (κ2) is 14.2. The molecule has 8 nitrogen and oxygen atoms in total. The van der Waals surface area contributed by atoms with Gasteiger partial charge in [-0.3, -0.25) is 19.8 Å². The number of rotatable bonds is 14. The Morgan fingerprint density at radius 1 is 0.923 bits per heavy atom. The number of hydrogen-bond donors (Lipinski definition) is 1. The van der Waals surface area contributed by atoms with Gasteiger partial charge in [-0.15, -0.1) is 23.5 Å². The van der Waals surface area contributed by atoms with Crippen LogP contribution in [0.2, 0.25) is 0 Å². The van der Waals surface area contributed by atoms with Crippen molar-refractivity contribution in [3.8, 4) is 0 Å². The molecule has 4 rings (SSSR count). The average Bonchev–Trinajstić information content (AvgIpc) is 2.94. The third kappa shape index (κ3) is 8.58. The van der Waals surface area contributed by atoms with E-state index in [2.05, 4.69) is 29.6 Å². The van der Waals surface area contributed by atoms with Crippen LogP contribution in [0.15, 0.2) is 84.9 Å². The van der Waals surface area contributed by atoms with Gasteiger partial charge in [0.2, 0.25) is 5.91 Å². The molecule has 0 saturated carbocycles. The lowest BCUT2D eigenvalue weighted by atomic mass is 9.84. The van der Waals surface area contributed by atoms with Crippen LogP contribution in [-0.2, 0) is 37.3 Å². The highest BCUT2D eigenvalue weighted by molar-refractivity contribution is 8.16. The van der Waals surface area contributed by atoms with Crippen molar-refractivity contribution < 1.29 is 24.3 Å². The maximum Gasteiger partial charge on any atom is 0.346 e. The van der Waals surface area contributed by atoms with E-state index in [0.29, 0.717) is 5.56 Å². The Hall–Kier alpha value is -3.34. The molecule has 0 bridgehead atoms. The number of non-ortho nitro benzene ring substituents is 1. The number of nitrogens with zero attached hydrogens (tertiary/aromatic N) is 1. The molecule has 10 heteroatoms. The van der Waals surface area contributed by atoms with Crippen LogP contribution < -0.4 is 5.32 Å². The predicted octanol–water partition coefficient (Wildman–Crippen LogP) is 5.70. The standard InChI is InChI=1S/C29H30N2O6S2/c1-20(36-37-26(32)16-21-12-14-24(15-13-21)31(34)35)28-25(30-29(28)33)17-27(38-18-22-8-4-2-5-9-22)39-19-23-10-6-3-7-11-23/h2-15,20,25,27-28H,16-19H2,1H3,(H,30,33)/t20?,25?,28-/m1/s1. The van der Waals surface area contributed by atoms with Gasteiger partial charge in [0, 0.05) is 29.7 Å². The summed E-state index contributed by atoms with van der Waals surface area (Å²) in [6.07, 6.45) is 0.0262. The zero-order valence-corrected chi connectivity index (χ0v) is 23.1. The van der Waals surface area contributed by atoms with E-state index in [0.717, 1.165) is 17.9 Å². The Balaban J connectivity index is 1.30. The number of hydrogen-bond acceptors (Lipinski definition) is 8. The molecule has 204 valence electrons. The van der Waals surface area contributed by atoms with E-state index in [1.165, 1.54) is 35.4 Å². The molecule has 3 atom stereocenters. The summed E-state index contributed by atoms with van der Waals surface area (Å²) in [7, 11) is 0. The van der Waals surface area contributed by atoms with E-state index in [1.807, 2.05) is 59.9 Å². The number of amides is 1. The first-order chi connectivity index (χ1) is 18.9. The van der Waals surface area contributed by atoms with Crippen molar-refractivity contribution in [2.24, 2.45) is 5.92 Å². The Morgan fingerprint density at radius 2 is 1.49 bits per heavy atom. The fraction of sp³-hybridized carbons (Fsp3) is 0.310. The second-order valence-electron chi connectivity index (χ2n) is 9.26. The summed E-state index contributed by atoms with van der Waals surface area (Å²) in [6.45, 7) is 1.72. The smallest absolute Gasteiger partial charge is 0.346 e. The lowest BCUT2D eigenvalue weighted by molar-refractivity contribution is -0.384. The number of carbonyl (C=O) groups excluding carboxylic acids is 2. The topological polar surface area (TPSA) is 108 Å². The van der Waals surface area contributed by atoms with Crippen LogP contribution in [0.5, 0.6) is 0 Å². The molecule has 3 aromatic rings. The molecule has 1 aliphatic rings. The summed E-state index contributed by atoms with van der Waals surface area (Å²) < 4.78 is 0.232. The van der Waals surface area contributed by atoms with Gasteiger partial charge in [0.15, 0.2) is 0 Å². The maximum absolute atomic E-state index is 12.4. The van der Waals surface area contributed by atoms with Crippen LogP contribution in [-0.4, -0.2) is 33.5 Å². The van der Waals surface area contributed by atoms with Gasteiger partial charge >= 0.3 is 5.97 Å². The third-order valence-corrected chi connectivity index (χ3v) is 9.31. The fourth-order valence-corrected chi connectivity index (χ4v) is 6.86. The maximum atomic E-state index is 12.4. The van der Waals surface area contributed by atoms with Crippen LogP contribution >= 0.6 is 23.5 Å². The summed E-state index contributed by atoms with van der Waals surface area (Å²) >= 11 is 3.70. The highest BCUT2D eigenvalue weighted by Gasteiger charge is 2.45. The largest absolute Gasteiger partial charge is 0.352 e. The average molecular weight is 567 g/mol. The normalized spacial score (nSPS) is 17.2. The van der Waals surface area contributed by atoms with Crippen LogP contribution in [0, 0.1) is 16.0 Å². The number of nitrogens with one attached hydrogen (secondary N) is 1. The van der Waals surface area contributed by atoms with Gasteiger partial charge in [-0.05, 0) is 30.0 Å². The lowest BCUT2D eigenvalue weighted by Gasteiger charge is -2.40. The molecule has 2 unspecified atom stereocenters. The molecule has 0 spiro atoms. The van der Waals surface area contributed by atoms with Gasteiger partial charge in [-0.2, -0.15) is 4.89 Å². The highest BCUT2D eigenvalue weighted by atomic mass is 32.2. The van der Waals surface area contributed by atoms with Crippen LogP contribution in [0.1, 0.15) is 30.0 Å². The minimum Gasteiger partial charge on any atom is -0.352 e. The first kappa shape index (κ1) is 28.7. The van der Waals surface area contributed by atoms with Gasteiger partial charge in [-0.25, -0.2) is 4.79 Å². The summed E-state index contributed by atoms with van der Waals surface area (Å²) in [4.78, 5) is 45.3. The van der Waals surface area contributed by atoms with Gasteiger partial charge in [0.05, 0.1) is 21.8 Å². The Bertz CT molecular complexity index is 1200. The number of carbonyl (C=O) groups is 2. The summed E-state index contributed by atoms with van der Waals surface area (Å²) in [5.74, 6) is 0.533. The third-order valence-electron chi connectivity index (χ3n) is 6.36. The van der Waals surface area contributed by atoms with Crippen molar-refractivity contribution in [1.82, 2.24) is 5.32 Å². The molecule has 1 saturated heterocycles. The molecular formula is C29H30N2O6S2. The van der Waals surface area contributed by atoms with Gasteiger partial charge in [0.1, 0.15) is 6.10 Å². The molecule has 1 N–H and O–H groups in total. The van der Waals surface area contributed by atoms with Crippen molar-refractivity contribution in [1.29, 1.82) is 0 Å². The van der Waals surface area contributed by atoms with Crippen LogP contribution in [0.3, 0.4) is 0 Å². The molecule has 1 fully saturated rings. The number of benzene rings is 3. The quantitative estimate of drug-likeness (QED) is 0.0871. The van der Waals surface area contributed by atoms with E-state index in [1.54, 1.807) is 6.92 Å². The minimum atomic E-state index is -0.637. The van der Waals surface area contributed by atoms with E-state index >= 15 is 0 Å². The van der Waals surface area contributed by atoms with Gasteiger partial charge in [0.25, 0.3) is 5.69 Å². The van der Waals surface area contributed by atoms with E-state index in [4.69, 9.17) is 9.78 Å². The molecule has 3 aromatic carbocycles. The molecule has 1 heterocycles. The van der Waals surface area contributed by atoms with Crippen molar-refractivity contribution in [3.05, 3.63) is 112 Å². The Morgan fingerprint density at radius 3 is 2.00 bits per heavy atom. The number of β-lactam (4-membered cyclic amide) rings is 1. The van der Waals surface area contributed by atoms with Gasteiger partial charge < -0.3 is 5.32 Å². The fourth-order valence-electron chi connectivity index (χ4n) is 4.24. The van der Waals surface area contributed by atoms with Crippen molar-refractivity contribution in [2.45, 2.75) is 48.0 Å². The second-order valence-corrected chi connectivity index (χ2v) is 11.9. The highest BCUT2D eigenvalue weighted by Crippen LogP contribution is 2.37. The summed E-state index contributed by atoms with van der Waals surface area (Å²) in [6, 6.07) is 26.2. The van der Waals surface area contributed by atoms with Crippen LogP contribution in [0.4, 0.5) is 5.69 Å². The van der Waals surface area contributed by atoms with Crippen LogP contribution in [0.25, 0.3) is 0 Å². The van der Waals surface area contributed by atoms with E-state index in [-0.39, 0.29) is 28.6 Å². The SMILES string of the molecule is CC(OOC(=O)Cc1ccc([N+](=O)[O-])cc1)[C@H]1C(=O)NC1CC(SCc1ccccc1)SCc1ccccc1. The molecule has 39 heavy (non-hydrogen) atoms. The van der Waals surface area contributed by atoms with E-state index < -0.39 is 22.9 Å². The summed E-state index contributed by atoms with van der Waals surface area (Å²) in [5.41, 5.74) is 3.01. The zero-order chi connectivity index (χ0) is 27.6. The molecule has 0 aliphatic carbocycles.